The Bertz CT molecular complexity index is 485. The standard InChI is InChI=1S/C12H11ClF2N2/c13-9(7-11-16-4-5-17-11)6-8-2-1-3-10(14)12(8)15/h1-5,9H,6-7H2,(H,16,17). The highest BCUT2D eigenvalue weighted by Gasteiger charge is 2.13. The molecule has 1 aromatic heterocycles. The van der Waals surface area contributed by atoms with Gasteiger partial charge in [0.25, 0.3) is 0 Å². The van der Waals surface area contributed by atoms with Gasteiger partial charge in [0.05, 0.1) is 0 Å². The van der Waals surface area contributed by atoms with E-state index in [1.165, 1.54) is 12.1 Å². The Kier molecular flexibility index (Phi) is 3.74. The molecule has 0 bridgehead atoms. The number of imidazole rings is 1. The molecular weight excluding hydrogens is 246 g/mol. The Morgan fingerprint density at radius 1 is 1.29 bits per heavy atom. The second kappa shape index (κ2) is 5.27. The Morgan fingerprint density at radius 3 is 2.82 bits per heavy atom. The van der Waals surface area contributed by atoms with E-state index in [-0.39, 0.29) is 17.4 Å². The highest BCUT2D eigenvalue weighted by atomic mass is 35.5. The van der Waals surface area contributed by atoms with Gasteiger partial charge in [-0.15, -0.1) is 11.6 Å². The highest BCUT2D eigenvalue weighted by Crippen LogP contribution is 2.17. The summed E-state index contributed by atoms with van der Waals surface area (Å²) >= 11 is 6.08. The molecule has 90 valence electrons. The van der Waals surface area contributed by atoms with Crippen LogP contribution in [0.2, 0.25) is 0 Å². The molecule has 0 aliphatic carbocycles. The van der Waals surface area contributed by atoms with Gasteiger partial charge < -0.3 is 4.98 Å². The molecule has 0 fully saturated rings. The second-order valence-electron chi connectivity index (χ2n) is 3.75. The zero-order chi connectivity index (χ0) is 12.3. The molecule has 0 spiro atoms. The van der Waals surface area contributed by atoms with Crippen LogP contribution >= 0.6 is 11.6 Å². The van der Waals surface area contributed by atoms with Crippen LogP contribution in [0.4, 0.5) is 8.78 Å². The van der Waals surface area contributed by atoms with Gasteiger partial charge >= 0.3 is 0 Å². The van der Waals surface area contributed by atoms with Crippen molar-refractivity contribution in [1.29, 1.82) is 0 Å². The summed E-state index contributed by atoms with van der Waals surface area (Å²) in [5.41, 5.74) is 0.288. The molecule has 17 heavy (non-hydrogen) atoms. The number of aromatic amines is 1. The zero-order valence-corrected chi connectivity index (χ0v) is 9.72. The highest BCUT2D eigenvalue weighted by molar-refractivity contribution is 6.20. The lowest BCUT2D eigenvalue weighted by atomic mass is 10.1. The normalized spacial score (nSPS) is 12.6. The summed E-state index contributed by atoms with van der Waals surface area (Å²) in [6.07, 6.45) is 4.08. The zero-order valence-electron chi connectivity index (χ0n) is 8.96. The molecule has 0 saturated carbocycles. The topological polar surface area (TPSA) is 28.7 Å². The molecule has 0 amide bonds. The number of H-pyrrole nitrogens is 1. The van der Waals surface area contributed by atoms with Crippen LogP contribution in [0.1, 0.15) is 11.4 Å². The lowest BCUT2D eigenvalue weighted by Gasteiger charge is -2.09. The fraction of sp³-hybridized carbons (Fsp3) is 0.250. The van der Waals surface area contributed by atoms with Gasteiger partial charge in [0.2, 0.25) is 0 Å². The summed E-state index contributed by atoms with van der Waals surface area (Å²) in [5, 5.41) is -0.322. The summed E-state index contributed by atoms with van der Waals surface area (Å²) < 4.78 is 26.4. The van der Waals surface area contributed by atoms with Gasteiger partial charge in [0.1, 0.15) is 5.82 Å². The molecule has 2 aromatic rings. The van der Waals surface area contributed by atoms with Crippen LogP contribution in [0.5, 0.6) is 0 Å². The van der Waals surface area contributed by atoms with E-state index in [9.17, 15) is 8.78 Å². The number of hydrogen-bond donors (Lipinski definition) is 1. The third kappa shape index (κ3) is 3.03. The molecule has 1 unspecified atom stereocenters. The lowest BCUT2D eigenvalue weighted by Crippen LogP contribution is -2.10. The minimum absolute atomic E-state index is 0.270. The molecule has 2 rings (SSSR count). The summed E-state index contributed by atoms with van der Waals surface area (Å²) in [6, 6.07) is 4.11. The number of aromatic nitrogens is 2. The van der Waals surface area contributed by atoms with Crippen LogP contribution in [0, 0.1) is 11.6 Å². The number of alkyl halides is 1. The Labute approximate surface area is 103 Å². The minimum Gasteiger partial charge on any atom is -0.349 e. The maximum atomic E-state index is 13.4. The maximum Gasteiger partial charge on any atom is 0.162 e. The first-order valence-corrected chi connectivity index (χ1v) is 5.65. The summed E-state index contributed by atoms with van der Waals surface area (Å²) in [4.78, 5) is 6.95. The quantitative estimate of drug-likeness (QED) is 0.837. The predicted molar refractivity (Wildman–Crippen MR) is 62.0 cm³/mol. The smallest absolute Gasteiger partial charge is 0.162 e. The second-order valence-corrected chi connectivity index (χ2v) is 4.37. The summed E-state index contributed by atoms with van der Waals surface area (Å²) in [5.74, 6) is -0.927. The van der Waals surface area contributed by atoms with Crippen molar-refractivity contribution in [3.63, 3.8) is 0 Å². The van der Waals surface area contributed by atoms with Gasteiger partial charge in [-0.05, 0) is 18.1 Å². The third-order valence-corrected chi connectivity index (χ3v) is 2.75. The van der Waals surface area contributed by atoms with Gasteiger partial charge in [-0.1, -0.05) is 12.1 Å². The number of nitrogens with zero attached hydrogens (tertiary/aromatic N) is 1. The van der Waals surface area contributed by atoms with E-state index in [0.717, 1.165) is 11.9 Å². The van der Waals surface area contributed by atoms with Gasteiger partial charge in [-0.25, -0.2) is 13.8 Å². The van der Waals surface area contributed by atoms with Crippen molar-refractivity contribution in [2.45, 2.75) is 18.2 Å². The van der Waals surface area contributed by atoms with E-state index in [2.05, 4.69) is 9.97 Å². The molecule has 1 N–H and O–H groups in total. The molecule has 5 heteroatoms. The van der Waals surface area contributed by atoms with Crippen molar-refractivity contribution in [3.8, 4) is 0 Å². The molecular formula is C12H11ClF2N2. The molecule has 0 saturated heterocycles. The monoisotopic (exact) mass is 256 g/mol. The van der Waals surface area contributed by atoms with Gasteiger partial charge in [-0.3, -0.25) is 0 Å². The Balaban J connectivity index is 2.03. The van der Waals surface area contributed by atoms with Crippen LogP contribution in [0.25, 0.3) is 0 Å². The SMILES string of the molecule is Fc1cccc(CC(Cl)Cc2ncc[nH]2)c1F. The average Bonchev–Trinajstić information content (AvgIpc) is 2.77. The maximum absolute atomic E-state index is 13.4. The molecule has 0 radical (unpaired) electrons. The molecule has 1 heterocycles. The van der Waals surface area contributed by atoms with Crippen LogP contribution in [-0.2, 0) is 12.8 Å². The number of rotatable bonds is 4. The average molecular weight is 257 g/mol. The fourth-order valence-electron chi connectivity index (χ4n) is 1.64. The molecule has 0 aliphatic rings. The number of nitrogens with one attached hydrogen (secondary N) is 1. The van der Waals surface area contributed by atoms with Gasteiger partial charge in [-0.2, -0.15) is 0 Å². The van der Waals surface area contributed by atoms with E-state index in [1.807, 2.05) is 0 Å². The van der Waals surface area contributed by atoms with Crippen LogP contribution < -0.4 is 0 Å². The minimum atomic E-state index is -0.843. The lowest BCUT2D eigenvalue weighted by molar-refractivity contribution is 0.497. The van der Waals surface area contributed by atoms with Gasteiger partial charge in [0.15, 0.2) is 11.6 Å². The number of halogens is 3. The van der Waals surface area contributed by atoms with Crippen molar-refractivity contribution in [3.05, 3.63) is 53.6 Å². The Morgan fingerprint density at radius 2 is 2.12 bits per heavy atom. The number of benzene rings is 1. The van der Waals surface area contributed by atoms with Crippen molar-refractivity contribution in [2.75, 3.05) is 0 Å². The van der Waals surface area contributed by atoms with E-state index >= 15 is 0 Å². The third-order valence-electron chi connectivity index (χ3n) is 2.44. The van der Waals surface area contributed by atoms with E-state index in [0.29, 0.717) is 6.42 Å². The predicted octanol–water partition coefficient (Wildman–Crippen LogP) is 3.08. The largest absolute Gasteiger partial charge is 0.349 e. The first-order valence-electron chi connectivity index (χ1n) is 5.22. The van der Waals surface area contributed by atoms with Crippen molar-refractivity contribution < 1.29 is 8.78 Å². The molecule has 1 atom stereocenters. The van der Waals surface area contributed by atoms with Crippen LogP contribution in [0.15, 0.2) is 30.6 Å². The summed E-state index contributed by atoms with van der Waals surface area (Å²) in [6.45, 7) is 0. The summed E-state index contributed by atoms with van der Waals surface area (Å²) in [7, 11) is 0. The molecule has 0 aliphatic heterocycles. The van der Waals surface area contributed by atoms with E-state index in [4.69, 9.17) is 11.6 Å². The number of hydrogen-bond acceptors (Lipinski definition) is 1. The van der Waals surface area contributed by atoms with Crippen molar-refractivity contribution >= 4 is 11.6 Å². The van der Waals surface area contributed by atoms with Crippen LogP contribution in [-0.4, -0.2) is 15.3 Å². The van der Waals surface area contributed by atoms with Gasteiger partial charge in [0, 0.05) is 24.2 Å². The van der Waals surface area contributed by atoms with E-state index in [1.54, 1.807) is 12.4 Å². The first kappa shape index (κ1) is 12.0. The fourth-order valence-corrected chi connectivity index (χ4v) is 1.95. The van der Waals surface area contributed by atoms with E-state index < -0.39 is 11.6 Å². The van der Waals surface area contributed by atoms with Crippen molar-refractivity contribution in [1.82, 2.24) is 9.97 Å². The van der Waals surface area contributed by atoms with Crippen molar-refractivity contribution in [2.24, 2.45) is 0 Å². The Hall–Kier alpha value is -1.42. The molecule has 2 nitrogen and oxygen atoms in total. The van der Waals surface area contributed by atoms with Crippen LogP contribution in [0.3, 0.4) is 0 Å². The first-order chi connectivity index (χ1) is 8.16. The molecule has 1 aromatic carbocycles.